The molecule has 2 aromatic rings. The van der Waals surface area contributed by atoms with E-state index in [1.807, 2.05) is 0 Å². The standard InChI is InChI=1S/C19H13Cl2F3OS/c1-11-4-12(2-3-13(11)9-25)14-8-18(26-10-14,19(22,23)24)15-5-16(20)7-17(21)6-15/h2-7,9-10H,8H2,1H3. The number of thioether (sulfide) groups is 1. The van der Waals surface area contributed by atoms with Crippen molar-refractivity contribution in [2.75, 3.05) is 0 Å². The first-order valence-electron chi connectivity index (χ1n) is 7.62. The Labute approximate surface area is 163 Å². The first kappa shape index (κ1) is 19.3. The van der Waals surface area contributed by atoms with Gasteiger partial charge in [-0.25, -0.2) is 0 Å². The average molecular weight is 417 g/mol. The van der Waals surface area contributed by atoms with Crippen molar-refractivity contribution in [1.82, 2.24) is 0 Å². The Kier molecular flexibility index (Phi) is 5.17. The van der Waals surface area contributed by atoms with Crippen molar-refractivity contribution >= 4 is 46.8 Å². The second kappa shape index (κ2) is 6.95. The van der Waals surface area contributed by atoms with Gasteiger partial charge < -0.3 is 0 Å². The van der Waals surface area contributed by atoms with E-state index in [0.29, 0.717) is 28.5 Å². The van der Waals surface area contributed by atoms with Crippen LogP contribution < -0.4 is 0 Å². The van der Waals surface area contributed by atoms with Gasteiger partial charge in [0, 0.05) is 22.0 Å². The molecule has 1 atom stereocenters. The quantitative estimate of drug-likeness (QED) is 0.498. The van der Waals surface area contributed by atoms with Crippen LogP contribution >= 0.6 is 35.0 Å². The number of benzene rings is 2. The third-order valence-electron chi connectivity index (χ3n) is 4.40. The molecule has 1 nitrogen and oxygen atoms in total. The van der Waals surface area contributed by atoms with Crippen molar-refractivity contribution in [2.45, 2.75) is 24.3 Å². The largest absolute Gasteiger partial charge is 0.407 e. The molecule has 2 aromatic carbocycles. The third-order valence-corrected chi connectivity index (χ3v) is 6.25. The molecule has 1 unspecified atom stereocenters. The Morgan fingerprint density at radius 2 is 1.77 bits per heavy atom. The summed E-state index contributed by atoms with van der Waals surface area (Å²) in [6.07, 6.45) is -4.01. The third kappa shape index (κ3) is 3.40. The molecule has 0 radical (unpaired) electrons. The predicted molar refractivity (Wildman–Crippen MR) is 101 cm³/mol. The fraction of sp³-hybridized carbons (Fsp3) is 0.211. The van der Waals surface area contributed by atoms with E-state index in [4.69, 9.17) is 23.2 Å². The molecule has 1 heterocycles. The second-order valence-electron chi connectivity index (χ2n) is 6.11. The number of rotatable bonds is 3. The van der Waals surface area contributed by atoms with Crippen LogP contribution in [0.15, 0.2) is 41.8 Å². The van der Waals surface area contributed by atoms with Crippen molar-refractivity contribution in [3.63, 3.8) is 0 Å². The molecule has 136 valence electrons. The number of aldehydes is 1. The van der Waals surface area contributed by atoms with Gasteiger partial charge in [0.1, 0.15) is 11.0 Å². The fourth-order valence-corrected chi connectivity index (χ4v) is 4.70. The highest BCUT2D eigenvalue weighted by Crippen LogP contribution is 2.60. The molecule has 0 N–H and O–H groups in total. The van der Waals surface area contributed by atoms with Gasteiger partial charge in [0.2, 0.25) is 0 Å². The Bertz CT molecular complexity index is 888. The predicted octanol–water partition coefficient (Wildman–Crippen LogP) is 7.05. The number of allylic oxidation sites excluding steroid dienone is 1. The molecular weight excluding hydrogens is 404 g/mol. The molecule has 26 heavy (non-hydrogen) atoms. The summed E-state index contributed by atoms with van der Waals surface area (Å²) in [5.41, 5.74) is 2.49. The van der Waals surface area contributed by atoms with Crippen LogP contribution in [-0.4, -0.2) is 12.5 Å². The number of carbonyl (C=O) groups excluding carboxylic acids is 1. The molecule has 0 spiro atoms. The van der Waals surface area contributed by atoms with Crippen LogP contribution in [0.25, 0.3) is 5.57 Å². The highest BCUT2D eigenvalue weighted by molar-refractivity contribution is 8.03. The smallest absolute Gasteiger partial charge is 0.298 e. The summed E-state index contributed by atoms with van der Waals surface area (Å²) in [7, 11) is 0. The SMILES string of the molecule is Cc1cc(C2=CSC(c3cc(Cl)cc(Cl)c3)(C(F)(F)F)C2)ccc1C=O. The van der Waals surface area contributed by atoms with Crippen molar-refractivity contribution < 1.29 is 18.0 Å². The topological polar surface area (TPSA) is 17.1 Å². The van der Waals surface area contributed by atoms with Crippen LogP contribution in [0.3, 0.4) is 0 Å². The molecule has 0 aromatic heterocycles. The van der Waals surface area contributed by atoms with E-state index in [9.17, 15) is 18.0 Å². The Hall–Kier alpha value is -1.43. The summed E-state index contributed by atoms with van der Waals surface area (Å²) in [6.45, 7) is 1.75. The molecule has 1 aliphatic heterocycles. The average Bonchev–Trinajstić information content (AvgIpc) is 3.00. The van der Waals surface area contributed by atoms with Crippen LogP contribution in [0.2, 0.25) is 10.0 Å². The van der Waals surface area contributed by atoms with Gasteiger partial charge in [-0.1, -0.05) is 41.4 Å². The molecule has 0 fully saturated rings. The second-order valence-corrected chi connectivity index (χ2v) is 8.15. The van der Waals surface area contributed by atoms with E-state index in [1.165, 1.54) is 23.6 Å². The lowest BCUT2D eigenvalue weighted by Crippen LogP contribution is -2.37. The lowest BCUT2D eigenvalue weighted by Gasteiger charge is -2.32. The number of hydrogen-bond donors (Lipinski definition) is 0. The lowest BCUT2D eigenvalue weighted by atomic mass is 9.88. The highest BCUT2D eigenvalue weighted by atomic mass is 35.5. The maximum Gasteiger partial charge on any atom is 0.407 e. The van der Waals surface area contributed by atoms with Gasteiger partial charge >= 0.3 is 6.18 Å². The van der Waals surface area contributed by atoms with Crippen molar-refractivity contribution in [3.05, 3.63) is 74.1 Å². The molecule has 1 aliphatic rings. The zero-order chi connectivity index (χ0) is 19.1. The summed E-state index contributed by atoms with van der Waals surface area (Å²) in [5, 5.41) is 1.85. The van der Waals surface area contributed by atoms with Gasteiger partial charge in [-0.05, 0) is 52.8 Å². The van der Waals surface area contributed by atoms with Gasteiger partial charge in [-0.2, -0.15) is 13.2 Å². The highest BCUT2D eigenvalue weighted by Gasteiger charge is 2.58. The van der Waals surface area contributed by atoms with E-state index < -0.39 is 10.9 Å². The number of carbonyl (C=O) groups is 1. The van der Waals surface area contributed by atoms with Crippen LogP contribution in [0.5, 0.6) is 0 Å². The lowest BCUT2D eigenvalue weighted by molar-refractivity contribution is -0.160. The van der Waals surface area contributed by atoms with Gasteiger partial charge in [0.05, 0.1) is 0 Å². The van der Waals surface area contributed by atoms with E-state index in [1.54, 1.807) is 25.1 Å². The maximum absolute atomic E-state index is 14.1. The normalized spacial score (nSPS) is 20.2. The maximum atomic E-state index is 14.1. The minimum absolute atomic E-state index is 0.0278. The van der Waals surface area contributed by atoms with Crippen LogP contribution in [0, 0.1) is 6.92 Å². The number of alkyl halides is 3. The van der Waals surface area contributed by atoms with E-state index in [0.717, 1.165) is 11.8 Å². The molecule has 0 saturated carbocycles. The summed E-state index contributed by atoms with van der Waals surface area (Å²) in [5.74, 6) is 0. The Morgan fingerprint density at radius 1 is 1.12 bits per heavy atom. The van der Waals surface area contributed by atoms with Gasteiger partial charge in [0.25, 0.3) is 0 Å². The molecule has 0 bridgehead atoms. The minimum Gasteiger partial charge on any atom is -0.298 e. The summed E-state index contributed by atoms with van der Waals surface area (Å²) in [6, 6.07) is 9.05. The molecular formula is C19H13Cl2F3OS. The number of hydrogen-bond acceptors (Lipinski definition) is 2. The van der Waals surface area contributed by atoms with Gasteiger partial charge in [-0.3, -0.25) is 4.79 Å². The molecule has 0 amide bonds. The fourth-order valence-electron chi connectivity index (χ4n) is 2.99. The Balaban J connectivity index is 2.03. The monoisotopic (exact) mass is 416 g/mol. The van der Waals surface area contributed by atoms with Crippen molar-refractivity contribution in [3.8, 4) is 0 Å². The van der Waals surface area contributed by atoms with Gasteiger partial charge in [0.15, 0.2) is 0 Å². The Morgan fingerprint density at radius 3 is 2.31 bits per heavy atom. The number of halogens is 5. The van der Waals surface area contributed by atoms with Crippen molar-refractivity contribution in [2.24, 2.45) is 0 Å². The van der Waals surface area contributed by atoms with E-state index in [2.05, 4.69) is 0 Å². The van der Waals surface area contributed by atoms with Crippen LogP contribution in [-0.2, 0) is 4.75 Å². The molecule has 0 aliphatic carbocycles. The minimum atomic E-state index is -4.50. The van der Waals surface area contributed by atoms with E-state index >= 15 is 0 Å². The van der Waals surface area contributed by atoms with Crippen molar-refractivity contribution in [1.29, 1.82) is 0 Å². The van der Waals surface area contributed by atoms with Crippen LogP contribution in [0.1, 0.15) is 33.5 Å². The molecule has 3 rings (SSSR count). The van der Waals surface area contributed by atoms with E-state index in [-0.39, 0.29) is 22.0 Å². The number of aryl methyl sites for hydroxylation is 1. The summed E-state index contributed by atoms with van der Waals surface area (Å²) in [4.78, 5) is 11.0. The summed E-state index contributed by atoms with van der Waals surface area (Å²) >= 11 is 12.6. The zero-order valence-electron chi connectivity index (χ0n) is 13.5. The first-order valence-corrected chi connectivity index (χ1v) is 9.26. The van der Waals surface area contributed by atoms with Crippen LogP contribution in [0.4, 0.5) is 13.2 Å². The van der Waals surface area contributed by atoms with Gasteiger partial charge in [-0.15, -0.1) is 11.8 Å². The first-order chi connectivity index (χ1) is 12.2. The molecule has 0 saturated heterocycles. The molecule has 7 heteroatoms. The summed E-state index contributed by atoms with van der Waals surface area (Å²) < 4.78 is 40.1. The zero-order valence-corrected chi connectivity index (χ0v) is 15.9.